The van der Waals surface area contributed by atoms with Gasteiger partial charge in [0.2, 0.25) is 0 Å². The molecule has 1 saturated heterocycles. The smallest absolute Gasteiger partial charge is 0.319 e. The predicted octanol–water partition coefficient (Wildman–Crippen LogP) is 2.28. The van der Waals surface area contributed by atoms with Crippen LogP contribution in [0.3, 0.4) is 0 Å². The number of ether oxygens (including phenoxy) is 1. The van der Waals surface area contributed by atoms with Crippen LogP contribution in [0.15, 0.2) is 35.5 Å². The first-order chi connectivity index (χ1) is 9.65. The Morgan fingerprint density at radius 3 is 2.70 bits per heavy atom. The molecule has 0 aliphatic carbocycles. The van der Waals surface area contributed by atoms with Gasteiger partial charge in [0.1, 0.15) is 11.4 Å². The molecule has 6 heteroatoms. The second-order valence-corrected chi connectivity index (χ2v) is 5.99. The lowest BCUT2D eigenvalue weighted by atomic mass is 10.2. The van der Waals surface area contributed by atoms with E-state index in [0.29, 0.717) is 0 Å². The molecule has 1 aliphatic heterocycles. The minimum absolute atomic E-state index is 0.0122. The number of rotatable bonds is 3. The van der Waals surface area contributed by atoms with Crippen LogP contribution in [0.2, 0.25) is 0 Å². The molecule has 2 atom stereocenters. The standard InChI is InChI=1S/C14H15N3O2S/c1-9-8-11(13(18)19-9)20-14-16-15-12(17(14)2)10-6-4-3-5-7-10/h3-7,9,11H,8H2,1-2H3/t9-,11+/m1/s1. The van der Waals surface area contributed by atoms with Crippen molar-refractivity contribution in [1.29, 1.82) is 0 Å². The highest BCUT2D eigenvalue weighted by molar-refractivity contribution is 8.00. The summed E-state index contributed by atoms with van der Waals surface area (Å²) < 4.78 is 7.07. The van der Waals surface area contributed by atoms with E-state index in [1.54, 1.807) is 0 Å². The van der Waals surface area contributed by atoms with Gasteiger partial charge in [-0.15, -0.1) is 10.2 Å². The Hall–Kier alpha value is -1.82. The fourth-order valence-electron chi connectivity index (χ4n) is 2.20. The third-order valence-electron chi connectivity index (χ3n) is 3.24. The number of esters is 1. The Morgan fingerprint density at radius 2 is 2.05 bits per heavy atom. The van der Waals surface area contributed by atoms with Gasteiger partial charge in [0, 0.05) is 19.0 Å². The van der Waals surface area contributed by atoms with Gasteiger partial charge in [0.15, 0.2) is 11.0 Å². The van der Waals surface area contributed by atoms with E-state index in [9.17, 15) is 4.79 Å². The van der Waals surface area contributed by atoms with Gasteiger partial charge in [-0.3, -0.25) is 4.79 Å². The molecule has 0 N–H and O–H groups in total. The number of aromatic nitrogens is 3. The first-order valence-corrected chi connectivity index (χ1v) is 7.35. The van der Waals surface area contributed by atoms with E-state index in [1.807, 2.05) is 48.9 Å². The van der Waals surface area contributed by atoms with Gasteiger partial charge in [-0.05, 0) is 6.92 Å². The summed E-state index contributed by atoms with van der Waals surface area (Å²) in [4.78, 5) is 11.7. The topological polar surface area (TPSA) is 57.0 Å². The van der Waals surface area contributed by atoms with Crippen LogP contribution in [-0.2, 0) is 16.6 Å². The zero-order valence-electron chi connectivity index (χ0n) is 11.3. The molecule has 2 aromatic rings. The Kier molecular flexibility index (Phi) is 3.48. The molecule has 0 spiro atoms. The molecule has 0 radical (unpaired) electrons. The van der Waals surface area contributed by atoms with Gasteiger partial charge in [0.05, 0.1) is 0 Å². The normalized spacial score (nSPS) is 22.0. The highest BCUT2D eigenvalue weighted by Crippen LogP contribution is 2.32. The van der Waals surface area contributed by atoms with E-state index in [1.165, 1.54) is 11.8 Å². The second-order valence-electron chi connectivity index (χ2n) is 4.82. The number of carbonyl (C=O) groups excluding carboxylic acids is 1. The molecule has 0 saturated carbocycles. The van der Waals surface area contributed by atoms with Crippen LogP contribution in [0.25, 0.3) is 11.4 Å². The fourth-order valence-corrected chi connectivity index (χ4v) is 3.31. The van der Waals surface area contributed by atoms with Crippen molar-refractivity contribution in [2.45, 2.75) is 29.9 Å². The predicted molar refractivity (Wildman–Crippen MR) is 76.3 cm³/mol. The van der Waals surface area contributed by atoms with E-state index < -0.39 is 0 Å². The molecule has 0 bridgehead atoms. The highest BCUT2D eigenvalue weighted by Gasteiger charge is 2.34. The molecule has 0 amide bonds. The summed E-state index contributed by atoms with van der Waals surface area (Å²) in [6.45, 7) is 1.91. The minimum atomic E-state index is -0.184. The van der Waals surface area contributed by atoms with Gasteiger partial charge in [0.25, 0.3) is 0 Å². The van der Waals surface area contributed by atoms with Gasteiger partial charge in [-0.1, -0.05) is 42.1 Å². The van der Waals surface area contributed by atoms with E-state index in [-0.39, 0.29) is 17.3 Å². The molecule has 1 aromatic carbocycles. The number of benzene rings is 1. The lowest BCUT2D eigenvalue weighted by molar-refractivity contribution is -0.140. The van der Waals surface area contributed by atoms with Crippen molar-refractivity contribution >= 4 is 17.7 Å². The zero-order valence-corrected chi connectivity index (χ0v) is 12.1. The summed E-state index contributed by atoms with van der Waals surface area (Å²) in [5.41, 5.74) is 1.01. The van der Waals surface area contributed by atoms with Crippen molar-refractivity contribution in [3.8, 4) is 11.4 Å². The highest BCUT2D eigenvalue weighted by atomic mass is 32.2. The van der Waals surface area contributed by atoms with E-state index >= 15 is 0 Å². The molecular formula is C14H15N3O2S. The van der Waals surface area contributed by atoms with Crippen LogP contribution in [-0.4, -0.2) is 32.1 Å². The molecule has 1 fully saturated rings. The van der Waals surface area contributed by atoms with Gasteiger partial charge >= 0.3 is 5.97 Å². The summed E-state index contributed by atoms with van der Waals surface area (Å²) in [5, 5.41) is 8.95. The van der Waals surface area contributed by atoms with Crippen LogP contribution >= 0.6 is 11.8 Å². The average molecular weight is 289 g/mol. The van der Waals surface area contributed by atoms with E-state index in [4.69, 9.17) is 4.74 Å². The molecule has 3 rings (SSSR count). The number of carbonyl (C=O) groups is 1. The quantitative estimate of drug-likeness (QED) is 0.811. The summed E-state index contributed by atoms with van der Waals surface area (Å²) in [6, 6.07) is 9.87. The largest absolute Gasteiger partial charge is 0.462 e. The summed E-state index contributed by atoms with van der Waals surface area (Å²) in [5.74, 6) is 0.638. The van der Waals surface area contributed by atoms with Crippen molar-refractivity contribution < 1.29 is 9.53 Å². The maximum atomic E-state index is 11.7. The third kappa shape index (κ3) is 2.43. The lowest BCUT2D eigenvalue weighted by Gasteiger charge is -2.05. The Bertz CT molecular complexity index is 627. The molecule has 1 aromatic heterocycles. The average Bonchev–Trinajstić information content (AvgIpc) is 2.95. The first-order valence-electron chi connectivity index (χ1n) is 6.47. The number of nitrogens with zero attached hydrogens (tertiary/aromatic N) is 3. The SMILES string of the molecule is C[C@@H]1C[C@H](Sc2nnc(-c3ccccc3)n2C)C(=O)O1. The van der Waals surface area contributed by atoms with Crippen molar-refractivity contribution in [1.82, 2.24) is 14.8 Å². The van der Waals surface area contributed by atoms with E-state index in [2.05, 4.69) is 10.2 Å². The van der Waals surface area contributed by atoms with Crippen LogP contribution in [0.4, 0.5) is 0 Å². The van der Waals surface area contributed by atoms with Gasteiger partial charge in [-0.2, -0.15) is 0 Å². The maximum absolute atomic E-state index is 11.7. The molecule has 1 aliphatic rings. The van der Waals surface area contributed by atoms with Crippen LogP contribution in [0, 0.1) is 0 Å². The monoisotopic (exact) mass is 289 g/mol. The fraction of sp³-hybridized carbons (Fsp3) is 0.357. The number of thioether (sulfide) groups is 1. The molecule has 20 heavy (non-hydrogen) atoms. The number of hydrogen-bond donors (Lipinski definition) is 0. The van der Waals surface area contributed by atoms with Gasteiger partial charge < -0.3 is 9.30 Å². The zero-order chi connectivity index (χ0) is 14.1. The maximum Gasteiger partial charge on any atom is 0.319 e. The molecule has 5 nitrogen and oxygen atoms in total. The summed E-state index contributed by atoms with van der Waals surface area (Å²) in [6.07, 6.45) is 0.707. The summed E-state index contributed by atoms with van der Waals surface area (Å²) in [7, 11) is 1.91. The minimum Gasteiger partial charge on any atom is -0.462 e. The summed E-state index contributed by atoms with van der Waals surface area (Å²) >= 11 is 1.42. The molecule has 2 heterocycles. The van der Waals surface area contributed by atoms with Crippen LogP contribution in [0.1, 0.15) is 13.3 Å². The number of cyclic esters (lactones) is 1. The van der Waals surface area contributed by atoms with Crippen LogP contribution in [0.5, 0.6) is 0 Å². The van der Waals surface area contributed by atoms with Crippen molar-refractivity contribution in [3.05, 3.63) is 30.3 Å². The Morgan fingerprint density at radius 1 is 1.30 bits per heavy atom. The first kappa shape index (κ1) is 13.2. The molecule has 104 valence electrons. The Balaban J connectivity index is 1.83. The molecular weight excluding hydrogens is 274 g/mol. The second kappa shape index (κ2) is 5.28. The molecule has 0 unspecified atom stereocenters. The third-order valence-corrected chi connectivity index (χ3v) is 4.48. The van der Waals surface area contributed by atoms with Crippen molar-refractivity contribution in [3.63, 3.8) is 0 Å². The van der Waals surface area contributed by atoms with E-state index in [0.717, 1.165) is 23.0 Å². The van der Waals surface area contributed by atoms with Crippen molar-refractivity contribution in [2.75, 3.05) is 0 Å². The Labute approximate surface area is 121 Å². The van der Waals surface area contributed by atoms with Gasteiger partial charge in [-0.25, -0.2) is 0 Å². The lowest BCUT2D eigenvalue weighted by Crippen LogP contribution is -2.10. The van der Waals surface area contributed by atoms with Crippen molar-refractivity contribution in [2.24, 2.45) is 7.05 Å². The number of hydrogen-bond acceptors (Lipinski definition) is 5. The van der Waals surface area contributed by atoms with Crippen LogP contribution < -0.4 is 0 Å².